The van der Waals surface area contributed by atoms with E-state index in [1.54, 1.807) is 30.3 Å². The Kier molecular flexibility index (Phi) is 6.54. The van der Waals surface area contributed by atoms with Gasteiger partial charge in [0.1, 0.15) is 5.69 Å². The number of benzene rings is 2. The van der Waals surface area contributed by atoms with Gasteiger partial charge >= 0.3 is 0 Å². The van der Waals surface area contributed by atoms with Crippen LogP contribution in [0.5, 0.6) is 11.5 Å². The van der Waals surface area contributed by atoms with Crippen LogP contribution in [0.4, 0.5) is 11.4 Å². The van der Waals surface area contributed by atoms with E-state index in [4.69, 9.17) is 21.1 Å². The number of rotatable bonds is 7. The fourth-order valence-corrected chi connectivity index (χ4v) is 3.06. The molecule has 0 unspecified atom stereocenters. The SMILES string of the molecule is O=C(CCNc1ccccc1[N+](=O)[O-])NCc1cc(Cl)c2c(c1)OCCCO2. The number of anilines is 1. The number of nitrogens with zero attached hydrogens (tertiary/aromatic N) is 1. The van der Waals surface area contributed by atoms with Crippen molar-refractivity contribution < 1.29 is 19.2 Å². The van der Waals surface area contributed by atoms with Gasteiger partial charge in [-0.3, -0.25) is 14.9 Å². The highest BCUT2D eigenvalue weighted by Gasteiger charge is 2.16. The standard InChI is InChI=1S/C19H20ClN3O5/c20-14-10-13(11-17-19(14)28-9-3-8-27-17)12-22-18(24)6-7-21-15-4-1-2-5-16(15)23(25)26/h1-2,4-5,10-11,21H,3,6-9,12H2,(H,22,24). The van der Waals surface area contributed by atoms with Crippen LogP contribution in [-0.4, -0.2) is 30.6 Å². The van der Waals surface area contributed by atoms with Crippen LogP contribution in [0.25, 0.3) is 0 Å². The minimum Gasteiger partial charge on any atom is -0.489 e. The summed E-state index contributed by atoms with van der Waals surface area (Å²) in [7, 11) is 0. The summed E-state index contributed by atoms with van der Waals surface area (Å²) in [5, 5.41) is 17.2. The molecule has 1 aliphatic heterocycles. The van der Waals surface area contributed by atoms with Crippen molar-refractivity contribution in [1.82, 2.24) is 5.32 Å². The average Bonchev–Trinajstić information content (AvgIpc) is 2.92. The number of nitro benzene ring substituents is 1. The summed E-state index contributed by atoms with van der Waals surface area (Å²) < 4.78 is 11.2. The minimum absolute atomic E-state index is 0.0234. The Morgan fingerprint density at radius 3 is 2.82 bits per heavy atom. The van der Waals surface area contributed by atoms with Gasteiger partial charge in [0.15, 0.2) is 11.5 Å². The van der Waals surface area contributed by atoms with Gasteiger partial charge in [-0.1, -0.05) is 23.7 Å². The number of carbonyl (C=O) groups excluding carboxylic acids is 1. The zero-order valence-corrected chi connectivity index (χ0v) is 15.8. The molecule has 9 heteroatoms. The number of ether oxygens (including phenoxy) is 2. The summed E-state index contributed by atoms with van der Waals surface area (Å²) in [6.45, 7) is 1.67. The van der Waals surface area contributed by atoms with Crippen LogP contribution >= 0.6 is 11.6 Å². The lowest BCUT2D eigenvalue weighted by atomic mass is 10.2. The fourth-order valence-electron chi connectivity index (χ4n) is 2.77. The summed E-state index contributed by atoms with van der Waals surface area (Å²) >= 11 is 6.24. The second-order valence-electron chi connectivity index (χ2n) is 6.18. The molecule has 1 amide bonds. The van der Waals surface area contributed by atoms with Gasteiger partial charge in [0.25, 0.3) is 5.69 Å². The molecule has 2 aromatic rings. The average molecular weight is 406 g/mol. The number of hydrogen-bond donors (Lipinski definition) is 2. The zero-order chi connectivity index (χ0) is 19.9. The number of halogens is 1. The summed E-state index contributed by atoms with van der Waals surface area (Å²) in [6, 6.07) is 9.85. The first-order valence-corrected chi connectivity index (χ1v) is 9.24. The molecule has 2 aromatic carbocycles. The first kappa shape index (κ1) is 19.8. The molecule has 2 N–H and O–H groups in total. The molecule has 0 fully saturated rings. The number of hydrogen-bond acceptors (Lipinski definition) is 6. The molecule has 0 radical (unpaired) electrons. The highest BCUT2D eigenvalue weighted by atomic mass is 35.5. The largest absolute Gasteiger partial charge is 0.489 e. The smallest absolute Gasteiger partial charge is 0.292 e. The van der Waals surface area contributed by atoms with E-state index >= 15 is 0 Å². The quantitative estimate of drug-likeness (QED) is 0.539. The van der Waals surface area contributed by atoms with E-state index in [2.05, 4.69) is 10.6 Å². The molecule has 1 heterocycles. The number of para-hydroxylation sites is 2. The molecule has 8 nitrogen and oxygen atoms in total. The number of fused-ring (bicyclic) bond motifs is 1. The number of amides is 1. The molecular weight excluding hydrogens is 386 g/mol. The predicted octanol–water partition coefficient (Wildman–Crippen LogP) is 3.53. The van der Waals surface area contributed by atoms with Crippen molar-refractivity contribution in [2.24, 2.45) is 0 Å². The third kappa shape index (κ3) is 5.04. The lowest BCUT2D eigenvalue weighted by molar-refractivity contribution is -0.384. The van der Waals surface area contributed by atoms with Gasteiger partial charge in [-0.05, 0) is 23.8 Å². The highest BCUT2D eigenvalue weighted by Crippen LogP contribution is 2.37. The molecule has 0 saturated heterocycles. The zero-order valence-electron chi connectivity index (χ0n) is 15.1. The number of nitrogens with one attached hydrogen (secondary N) is 2. The van der Waals surface area contributed by atoms with Crippen LogP contribution in [0, 0.1) is 10.1 Å². The van der Waals surface area contributed by atoms with Gasteiger partial charge in [0, 0.05) is 32.0 Å². The van der Waals surface area contributed by atoms with Crippen molar-refractivity contribution in [1.29, 1.82) is 0 Å². The van der Waals surface area contributed by atoms with Crippen LogP contribution in [-0.2, 0) is 11.3 Å². The molecule has 0 saturated carbocycles. The van der Waals surface area contributed by atoms with Crippen molar-refractivity contribution in [2.75, 3.05) is 25.1 Å². The van der Waals surface area contributed by atoms with Crippen LogP contribution in [0.1, 0.15) is 18.4 Å². The second-order valence-corrected chi connectivity index (χ2v) is 6.59. The van der Waals surface area contributed by atoms with E-state index in [9.17, 15) is 14.9 Å². The van der Waals surface area contributed by atoms with Gasteiger partial charge < -0.3 is 20.1 Å². The summed E-state index contributed by atoms with van der Waals surface area (Å²) in [5.41, 5.74) is 1.16. The van der Waals surface area contributed by atoms with Crippen molar-refractivity contribution in [2.45, 2.75) is 19.4 Å². The van der Waals surface area contributed by atoms with Crippen LogP contribution < -0.4 is 20.1 Å². The first-order valence-electron chi connectivity index (χ1n) is 8.86. The van der Waals surface area contributed by atoms with Crippen LogP contribution in [0.15, 0.2) is 36.4 Å². The molecule has 28 heavy (non-hydrogen) atoms. The monoisotopic (exact) mass is 405 g/mol. The summed E-state index contributed by atoms with van der Waals surface area (Å²) in [5.74, 6) is 0.921. The Morgan fingerprint density at radius 2 is 2.00 bits per heavy atom. The van der Waals surface area contributed by atoms with Crippen molar-refractivity contribution in [3.8, 4) is 11.5 Å². The van der Waals surface area contributed by atoms with E-state index < -0.39 is 4.92 Å². The van der Waals surface area contributed by atoms with Gasteiger partial charge in [-0.25, -0.2) is 0 Å². The molecule has 1 aliphatic rings. The van der Waals surface area contributed by atoms with Gasteiger partial charge in [0.2, 0.25) is 5.91 Å². The Hall–Kier alpha value is -3.00. The Balaban J connectivity index is 1.50. The normalized spacial score (nSPS) is 12.8. The summed E-state index contributed by atoms with van der Waals surface area (Å²) in [4.78, 5) is 22.6. The Bertz CT molecular complexity index is 875. The van der Waals surface area contributed by atoms with E-state index in [-0.39, 0.29) is 24.6 Å². The molecule has 148 valence electrons. The van der Waals surface area contributed by atoms with E-state index in [0.717, 1.165) is 12.0 Å². The topological polar surface area (TPSA) is 103 Å². The molecule has 0 bridgehead atoms. The molecule has 3 rings (SSSR count). The lowest BCUT2D eigenvalue weighted by Gasteiger charge is -2.12. The third-order valence-electron chi connectivity index (χ3n) is 4.12. The van der Waals surface area contributed by atoms with E-state index in [1.807, 2.05) is 0 Å². The molecular formula is C19H20ClN3O5. The van der Waals surface area contributed by atoms with Crippen molar-refractivity contribution in [3.63, 3.8) is 0 Å². The van der Waals surface area contributed by atoms with Gasteiger partial charge in [0.05, 0.1) is 23.2 Å². The van der Waals surface area contributed by atoms with E-state index in [1.165, 1.54) is 6.07 Å². The second kappa shape index (κ2) is 9.27. The maximum absolute atomic E-state index is 12.1. The van der Waals surface area contributed by atoms with Crippen molar-refractivity contribution in [3.05, 3.63) is 57.1 Å². The maximum atomic E-state index is 12.1. The molecule has 0 atom stereocenters. The lowest BCUT2D eigenvalue weighted by Crippen LogP contribution is -2.25. The third-order valence-corrected chi connectivity index (χ3v) is 4.40. The molecule has 0 spiro atoms. The van der Waals surface area contributed by atoms with Crippen molar-refractivity contribution >= 4 is 28.9 Å². The molecule has 0 aromatic heterocycles. The maximum Gasteiger partial charge on any atom is 0.292 e. The number of nitro groups is 1. The minimum atomic E-state index is -0.462. The fraction of sp³-hybridized carbons (Fsp3) is 0.316. The first-order chi connectivity index (χ1) is 13.5. The highest BCUT2D eigenvalue weighted by molar-refractivity contribution is 6.32. The summed E-state index contributed by atoms with van der Waals surface area (Å²) in [6.07, 6.45) is 0.952. The number of carbonyl (C=O) groups is 1. The Labute approximate surface area is 166 Å². The van der Waals surface area contributed by atoms with E-state index in [0.29, 0.717) is 42.0 Å². The molecule has 0 aliphatic carbocycles. The predicted molar refractivity (Wildman–Crippen MR) is 105 cm³/mol. The Morgan fingerprint density at radius 1 is 1.21 bits per heavy atom. The van der Waals surface area contributed by atoms with Crippen LogP contribution in [0.3, 0.4) is 0 Å². The van der Waals surface area contributed by atoms with Gasteiger partial charge in [-0.2, -0.15) is 0 Å². The van der Waals surface area contributed by atoms with Gasteiger partial charge in [-0.15, -0.1) is 0 Å². The van der Waals surface area contributed by atoms with Crippen LogP contribution in [0.2, 0.25) is 5.02 Å².